The quantitative estimate of drug-likeness (QED) is 0.617. The van der Waals surface area contributed by atoms with Crippen molar-refractivity contribution in [1.82, 2.24) is 19.1 Å². The number of furan rings is 1. The van der Waals surface area contributed by atoms with Gasteiger partial charge in [-0.1, -0.05) is 0 Å². The number of imidazole rings is 1. The lowest BCUT2D eigenvalue weighted by atomic mass is 10.5. The van der Waals surface area contributed by atoms with Crippen molar-refractivity contribution < 1.29 is 4.42 Å². The van der Waals surface area contributed by atoms with E-state index in [0.717, 1.165) is 4.57 Å². The molecule has 94 valence electrons. The number of rotatable bonds is 0. The predicted octanol–water partition coefficient (Wildman–Crippen LogP) is 0.240. The van der Waals surface area contributed by atoms with Gasteiger partial charge in [0.2, 0.25) is 0 Å². The van der Waals surface area contributed by atoms with Crippen molar-refractivity contribution >= 4 is 11.2 Å². The maximum Gasteiger partial charge on any atom is 0.332 e. The number of aromatic nitrogens is 4. The zero-order valence-electron chi connectivity index (χ0n) is 9.95. The minimum atomic E-state index is -0.371. The van der Waals surface area contributed by atoms with E-state index in [1.807, 2.05) is 12.1 Å². The van der Waals surface area contributed by atoms with E-state index in [1.165, 1.54) is 17.9 Å². The van der Waals surface area contributed by atoms with Gasteiger partial charge in [-0.05, 0) is 12.1 Å². The van der Waals surface area contributed by atoms with Crippen LogP contribution in [0.4, 0.5) is 0 Å². The molecule has 0 saturated carbocycles. The summed E-state index contributed by atoms with van der Waals surface area (Å²) in [5.74, 6) is 0. The predicted molar refractivity (Wildman–Crippen MR) is 65.3 cm³/mol. The Labute approximate surface area is 101 Å². The second-order valence-corrected chi connectivity index (χ2v) is 3.60. The third-order valence-corrected chi connectivity index (χ3v) is 2.45. The van der Waals surface area contributed by atoms with Gasteiger partial charge in [-0.3, -0.25) is 13.9 Å². The Morgan fingerprint density at radius 1 is 1.17 bits per heavy atom. The highest BCUT2D eigenvalue weighted by molar-refractivity contribution is 5.68. The Kier molecular flexibility index (Phi) is 3.13. The fourth-order valence-electron chi connectivity index (χ4n) is 1.50. The fraction of sp³-hybridized carbons (Fsp3) is 0.182. The summed E-state index contributed by atoms with van der Waals surface area (Å²) in [7, 11) is 3.01. The van der Waals surface area contributed by atoms with Crippen LogP contribution in [0.25, 0.3) is 11.2 Å². The molecule has 0 saturated heterocycles. The molecule has 3 rings (SSSR count). The van der Waals surface area contributed by atoms with Crippen LogP contribution in [0.2, 0.25) is 0 Å². The van der Waals surface area contributed by atoms with Crippen LogP contribution in [0.3, 0.4) is 0 Å². The number of nitrogens with one attached hydrogen (secondary N) is 1. The van der Waals surface area contributed by atoms with Gasteiger partial charge in [-0.15, -0.1) is 0 Å². The van der Waals surface area contributed by atoms with Gasteiger partial charge in [-0.25, -0.2) is 9.78 Å². The number of aromatic amines is 1. The number of nitrogens with zero attached hydrogens (tertiary/aromatic N) is 3. The molecule has 0 bridgehead atoms. The van der Waals surface area contributed by atoms with Crippen LogP contribution in [0.1, 0.15) is 0 Å². The first kappa shape index (κ1) is 11.9. The molecule has 3 heterocycles. The highest BCUT2D eigenvalue weighted by Crippen LogP contribution is 1.97. The van der Waals surface area contributed by atoms with Crippen LogP contribution in [0.15, 0.2) is 45.0 Å². The Morgan fingerprint density at radius 2 is 1.83 bits per heavy atom. The van der Waals surface area contributed by atoms with Crippen molar-refractivity contribution in [2.24, 2.45) is 14.1 Å². The molecule has 0 amide bonds. The average Bonchev–Trinajstić information content (AvgIpc) is 3.05. The smallest absolute Gasteiger partial charge is 0.332 e. The monoisotopic (exact) mass is 248 g/mol. The standard InChI is InChI=1S/C7H8N4O2.C4H4O/c1-10-5-4(8-3-9-5)6(12)11(2)7(10)13;1-2-4-5-3-1/h3H,1-2H3,(H,8,9);1-4H. The van der Waals surface area contributed by atoms with Gasteiger partial charge < -0.3 is 9.40 Å². The maximum atomic E-state index is 11.4. The highest BCUT2D eigenvalue weighted by atomic mass is 16.3. The van der Waals surface area contributed by atoms with E-state index in [1.54, 1.807) is 19.6 Å². The number of hydrogen-bond acceptors (Lipinski definition) is 4. The molecule has 0 aliphatic rings. The van der Waals surface area contributed by atoms with Gasteiger partial charge >= 0.3 is 5.69 Å². The van der Waals surface area contributed by atoms with E-state index in [9.17, 15) is 9.59 Å². The molecule has 0 atom stereocenters. The molecule has 7 heteroatoms. The number of aryl methyl sites for hydroxylation is 1. The van der Waals surface area contributed by atoms with E-state index in [-0.39, 0.29) is 11.2 Å². The van der Waals surface area contributed by atoms with Gasteiger partial charge in [0.25, 0.3) is 5.56 Å². The van der Waals surface area contributed by atoms with Crippen LogP contribution in [-0.2, 0) is 14.1 Å². The number of hydrogen-bond donors (Lipinski definition) is 1. The van der Waals surface area contributed by atoms with Crippen molar-refractivity contribution in [3.05, 3.63) is 51.8 Å². The molecule has 18 heavy (non-hydrogen) atoms. The second-order valence-electron chi connectivity index (χ2n) is 3.60. The summed E-state index contributed by atoms with van der Waals surface area (Å²) < 4.78 is 6.95. The molecule has 3 aromatic heterocycles. The summed E-state index contributed by atoms with van der Waals surface area (Å²) in [5, 5.41) is 0. The molecule has 0 aliphatic heterocycles. The van der Waals surface area contributed by atoms with Crippen LogP contribution in [0.5, 0.6) is 0 Å². The molecule has 1 N–H and O–H groups in total. The van der Waals surface area contributed by atoms with Crippen molar-refractivity contribution in [2.75, 3.05) is 0 Å². The second kappa shape index (κ2) is 4.74. The summed E-state index contributed by atoms with van der Waals surface area (Å²) >= 11 is 0. The Hall–Kier alpha value is -2.57. The highest BCUT2D eigenvalue weighted by Gasteiger charge is 2.08. The first-order valence-electron chi connectivity index (χ1n) is 5.19. The molecule has 0 aromatic carbocycles. The molecule has 7 nitrogen and oxygen atoms in total. The van der Waals surface area contributed by atoms with E-state index >= 15 is 0 Å². The molecule has 3 aromatic rings. The Balaban J connectivity index is 0.000000202. The van der Waals surface area contributed by atoms with Crippen molar-refractivity contribution in [3.63, 3.8) is 0 Å². The van der Waals surface area contributed by atoms with Gasteiger partial charge in [-0.2, -0.15) is 0 Å². The van der Waals surface area contributed by atoms with E-state index < -0.39 is 0 Å². The largest absolute Gasteiger partial charge is 0.473 e. The van der Waals surface area contributed by atoms with Crippen LogP contribution in [0, 0.1) is 0 Å². The minimum absolute atomic E-state index is 0.351. The van der Waals surface area contributed by atoms with Gasteiger partial charge in [0.1, 0.15) is 5.52 Å². The number of H-pyrrole nitrogens is 1. The summed E-state index contributed by atoms with van der Waals surface area (Å²) in [6, 6.07) is 3.67. The minimum Gasteiger partial charge on any atom is -0.473 e. The van der Waals surface area contributed by atoms with Gasteiger partial charge in [0, 0.05) is 14.1 Å². The molecular formula is C11H12N4O3. The lowest BCUT2D eigenvalue weighted by Gasteiger charge is -2.00. The summed E-state index contributed by atoms with van der Waals surface area (Å²) in [6.45, 7) is 0. The van der Waals surface area contributed by atoms with Crippen molar-refractivity contribution in [1.29, 1.82) is 0 Å². The SMILES string of the molecule is Cn1c(=O)c2[nH]cnc2n(C)c1=O.c1ccoc1. The average molecular weight is 248 g/mol. The van der Waals surface area contributed by atoms with Gasteiger partial charge in [0.15, 0.2) is 5.65 Å². The summed E-state index contributed by atoms with van der Waals surface area (Å²) in [5.41, 5.74) is 0.0119. The lowest BCUT2D eigenvalue weighted by Crippen LogP contribution is -2.36. The summed E-state index contributed by atoms with van der Waals surface area (Å²) in [6.07, 6.45) is 4.64. The zero-order chi connectivity index (χ0) is 13.1. The molecular weight excluding hydrogens is 236 g/mol. The van der Waals surface area contributed by atoms with Crippen LogP contribution >= 0.6 is 0 Å². The first-order chi connectivity index (χ1) is 8.63. The summed E-state index contributed by atoms with van der Waals surface area (Å²) in [4.78, 5) is 29.4. The van der Waals surface area contributed by atoms with Crippen molar-refractivity contribution in [2.45, 2.75) is 0 Å². The third-order valence-electron chi connectivity index (χ3n) is 2.45. The third kappa shape index (κ3) is 1.97. The first-order valence-corrected chi connectivity index (χ1v) is 5.19. The zero-order valence-corrected chi connectivity index (χ0v) is 9.95. The molecule has 0 radical (unpaired) electrons. The Morgan fingerprint density at radius 3 is 2.39 bits per heavy atom. The van der Waals surface area contributed by atoms with E-state index in [4.69, 9.17) is 0 Å². The van der Waals surface area contributed by atoms with E-state index in [2.05, 4.69) is 14.4 Å². The van der Waals surface area contributed by atoms with Crippen LogP contribution < -0.4 is 11.2 Å². The normalized spacial score (nSPS) is 10.1. The Bertz CT molecular complexity index is 732. The molecule has 0 unspecified atom stereocenters. The topological polar surface area (TPSA) is 85.8 Å². The molecule has 0 fully saturated rings. The lowest BCUT2D eigenvalue weighted by molar-refractivity contribution is 0.567. The maximum absolute atomic E-state index is 11.4. The number of fused-ring (bicyclic) bond motifs is 1. The molecule has 0 aliphatic carbocycles. The van der Waals surface area contributed by atoms with E-state index in [0.29, 0.717) is 11.2 Å². The fourth-order valence-corrected chi connectivity index (χ4v) is 1.50. The molecule has 0 spiro atoms. The van der Waals surface area contributed by atoms with Gasteiger partial charge in [0.05, 0.1) is 18.9 Å². The van der Waals surface area contributed by atoms with Crippen LogP contribution in [-0.4, -0.2) is 19.1 Å². The van der Waals surface area contributed by atoms with Crippen molar-refractivity contribution in [3.8, 4) is 0 Å².